The Bertz CT molecular complexity index is 2650. The average molecular weight is 697 g/mol. The number of benzene rings is 4. The molecule has 0 saturated heterocycles. The Balaban J connectivity index is 1.68. The summed E-state index contributed by atoms with van der Waals surface area (Å²) < 4.78 is 101. The van der Waals surface area contributed by atoms with E-state index >= 15 is 0 Å². The van der Waals surface area contributed by atoms with Crippen molar-refractivity contribution in [1.29, 1.82) is 0 Å². The molecule has 1 aromatic heterocycles. The van der Waals surface area contributed by atoms with Crippen molar-refractivity contribution in [3.8, 4) is 11.1 Å². The summed E-state index contributed by atoms with van der Waals surface area (Å²) in [4.78, 5) is 39.6. The Labute approximate surface area is 266 Å². The van der Waals surface area contributed by atoms with Crippen LogP contribution in [0.2, 0.25) is 0 Å². The number of nitrogens with zero attached hydrogens (tertiary/aromatic N) is 1. The largest absolute Gasteiger partial charge is 0.354 e. The van der Waals surface area contributed by atoms with E-state index in [9.17, 15) is 53.3 Å². The highest BCUT2D eigenvalue weighted by Gasteiger charge is 2.34. The number of fused-ring (bicyclic) bond motifs is 2. The molecule has 0 aliphatic heterocycles. The van der Waals surface area contributed by atoms with Crippen LogP contribution >= 0.6 is 0 Å². The van der Waals surface area contributed by atoms with Gasteiger partial charge in [0.2, 0.25) is 0 Å². The number of aryl methyl sites for hydroxylation is 1. The molecule has 0 unspecified atom stereocenters. The third-order valence-electron chi connectivity index (χ3n) is 7.65. The topological polar surface area (TPSA) is 231 Å². The molecular weight excluding hydrogens is 677 g/mol. The van der Waals surface area contributed by atoms with Crippen LogP contribution in [0.1, 0.15) is 31.8 Å². The summed E-state index contributed by atoms with van der Waals surface area (Å²) in [6.07, 6.45) is 0. The van der Waals surface area contributed by atoms with Gasteiger partial charge in [0.25, 0.3) is 35.9 Å². The van der Waals surface area contributed by atoms with Gasteiger partial charge in [-0.3, -0.25) is 28.0 Å². The Morgan fingerprint density at radius 2 is 1.30 bits per heavy atom. The predicted molar refractivity (Wildman–Crippen MR) is 167 cm³/mol. The molecule has 240 valence electrons. The van der Waals surface area contributed by atoms with Crippen LogP contribution in [0, 0.1) is 0 Å². The molecule has 14 nitrogen and oxygen atoms in total. The normalized spacial score (nSPS) is 13.0. The van der Waals surface area contributed by atoms with Gasteiger partial charge >= 0.3 is 0 Å². The smallest absolute Gasteiger partial charge is 0.296 e. The third kappa shape index (κ3) is 5.33. The molecule has 1 aliphatic rings. The van der Waals surface area contributed by atoms with Crippen molar-refractivity contribution in [3.63, 3.8) is 0 Å². The van der Waals surface area contributed by atoms with Gasteiger partial charge in [0.15, 0.2) is 11.6 Å². The van der Waals surface area contributed by atoms with Gasteiger partial charge in [-0.2, -0.15) is 25.3 Å². The van der Waals surface area contributed by atoms with Gasteiger partial charge < -0.3 is 9.88 Å². The summed E-state index contributed by atoms with van der Waals surface area (Å²) in [5, 5.41) is 2.82. The minimum Gasteiger partial charge on any atom is -0.354 e. The second kappa shape index (κ2) is 10.8. The lowest BCUT2D eigenvalue weighted by Gasteiger charge is -2.26. The fourth-order valence-electron chi connectivity index (χ4n) is 5.55. The van der Waals surface area contributed by atoms with Crippen LogP contribution in [0.4, 0.5) is 11.4 Å². The van der Waals surface area contributed by atoms with Crippen molar-refractivity contribution in [3.05, 3.63) is 111 Å². The van der Waals surface area contributed by atoms with Crippen LogP contribution in [0.25, 0.3) is 22.0 Å². The quantitative estimate of drug-likeness (QED) is 0.139. The van der Waals surface area contributed by atoms with Gasteiger partial charge in [-0.05, 0) is 48.0 Å². The number of carbonyl (C=O) groups is 2. The third-order valence-corrected chi connectivity index (χ3v) is 10.2. The zero-order valence-corrected chi connectivity index (χ0v) is 26.1. The molecule has 0 fully saturated rings. The van der Waals surface area contributed by atoms with Crippen molar-refractivity contribution in [2.75, 3.05) is 5.32 Å². The SMILES string of the molecule is Cn1c(=O)c(C(=O)c2cccc(S(=O)(=O)O)c2)c2c3c(c(Nc4ccc(S(=O)(=O)O)cc4S(=O)(=O)O)ccc31)C(=O)c1ccccc1-2. The Morgan fingerprint density at radius 1 is 0.681 bits per heavy atom. The molecule has 0 amide bonds. The molecule has 1 heterocycles. The first-order chi connectivity index (χ1) is 21.9. The van der Waals surface area contributed by atoms with Crippen molar-refractivity contribution in [1.82, 2.24) is 4.57 Å². The number of aromatic nitrogens is 1. The Morgan fingerprint density at radius 3 is 1.94 bits per heavy atom. The molecule has 0 atom stereocenters. The highest BCUT2D eigenvalue weighted by molar-refractivity contribution is 7.86. The summed E-state index contributed by atoms with van der Waals surface area (Å²) in [5.41, 5.74) is -1.56. The Hall–Kier alpha value is -5.04. The molecule has 4 N–H and O–H groups in total. The molecule has 4 aromatic carbocycles. The van der Waals surface area contributed by atoms with Crippen LogP contribution in [-0.4, -0.2) is 55.0 Å². The molecule has 1 aliphatic carbocycles. The van der Waals surface area contributed by atoms with Crippen LogP contribution in [0.3, 0.4) is 0 Å². The van der Waals surface area contributed by atoms with Crippen LogP contribution in [-0.2, 0) is 37.4 Å². The van der Waals surface area contributed by atoms with Gasteiger partial charge in [0.05, 0.1) is 37.8 Å². The number of nitrogens with one attached hydrogen (secondary N) is 1. The van der Waals surface area contributed by atoms with Gasteiger partial charge in [0, 0.05) is 29.1 Å². The van der Waals surface area contributed by atoms with Gasteiger partial charge in [-0.1, -0.05) is 36.4 Å². The van der Waals surface area contributed by atoms with E-state index in [0.29, 0.717) is 6.07 Å². The first kappa shape index (κ1) is 31.9. The average Bonchev–Trinajstić information content (AvgIpc) is 3.00. The van der Waals surface area contributed by atoms with Crippen molar-refractivity contribution in [2.45, 2.75) is 14.7 Å². The highest BCUT2D eigenvalue weighted by Crippen LogP contribution is 2.44. The zero-order chi connectivity index (χ0) is 34.2. The van der Waals surface area contributed by atoms with Gasteiger partial charge in [-0.15, -0.1) is 0 Å². The minimum absolute atomic E-state index is 0.0240. The van der Waals surface area contributed by atoms with Crippen molar-refractivity contribution in [2.24, 2.45) is 7.05 Å². The number of rotatable bonds is 7. The van der Waals surface area contributed by atoms with E-state index in [4.69, 9.17) is 0 Å². The maximum atomic E-state index is 14.1. The summed E-state index contributed by atoms with van der Waals surface area (Å²) in [6, 6.07) is 15.6. The van der Waals surface area contributed by atoms with Gasteiger partial charge in [0.1, 0.15) is 4.90 Å². The molecule has 47 heavy (non-hydrogen) atoms. The van der Waals surface area contributed by atoms with E-state index in [1.165, 1.54) is 49.5 Å². The first-order valence-corrected chi connectivity index (χ1v) is 17.5. The maximum absolute atomic E-state index is 14.1. The second-order valence-corrected chi connectivity index (χ2v) is 14.7. The van der Waals surface area contributed by atoms with E-state index in [1.807, 2.05) is 0 Å². The van der Waals surface area contributed by atoms with E-state index < -0.39 is 67.7 Å². The molecule has 0 saturated carbocycles. The minimum atomic E-state index is -5.10. The van der Waals surface area contributed by atoms with E-state index in [0.717, 1.165) is 28.8 Å². The molecule has 17 heteroatoms. The van der Waals surface area contributed by atoms with Gasteiger partial charge in [-0.25, -0.2) is 0 Å². The molecule has 6 rings (SSSR count). The monoisotopic (exact) mass is 696 g/mol. The standard InChI is InChI=1S/C30H20N2O12S3/c1-32-22-12-11-21(31-20-10-9-17(46(39,40)41)14-23(20)47(42,43)44)25-26(22)24(18-7-2-3-8-19(18)29(25)34)27(30(32)35)28(33)15-5-4-6-16(13-15)45(36,37)38/h2-14,31H,1H3,(H,36,37,38)(H,39,40,41)(H,42,43,44). The fraction of sp³-hybridized carbons (Fsp3) is 0.0333. The van der Waals surface area contributed by atoms with E-state index in [-0.39, 0.29) is 50.1 Å². The Kier molecular flexibility index (Phi) is 7.31. The summed E-state index contributed by atoms with van der Waals surface area (Å²) >= 11 is 0. The fourth-order valence-corrected chi connectivity index (χ4v) is 7.33. The molecular formula is C30H20N2O12S3. The highest BCUT2D eigenvalue weighted by atomic mass is 32.2. The summed E-state index contributed by atoms with van der Waals surface area (Å²) in [6.45, 7) is 0. The number of hydrogen-bond acceptors (Lipinski definition) is 10. The lowest BCUT2D eigenvalue weighted by molar-refractivity contribution is 0.102. The predicted octanol–water partition coefficient (Wildman–Crippen LogP) is 3.46. The summed E-state index contributed by atoms with van der Waals surface area (Å²) in [5.74, 6) is -1.52. The number of pyridine rings is 1. The summed E-state index contributed by atoms with van der Waals surface area (Å²) in [7, 11) is -13.4. The van der Waals surface area contributed by atoms with Crippen LogP contribution in [0.15, 0.2) is 98.3 Å². The molecule has 5 aromatic rings. The van der Waals surface area contributed by atoms with E-state index in [2.05, 4.69) is 5.32 Å². The molecule has 0 spiro atoms. The number of ketones is 2. The first-order valence-electron chi connectivity index (χ1n) is 13.2. The maximum Gasteiger partial charge on any atom is 0.296 e. The molecule has 0 bridgehead atoms. The molecule has 0 radical (unpaired) electrons. The number of carbonyl (C=O) groups excluding carboxylic acids is 2. The van der Waals surface area contributed by atoms with E-state index in [1.54, 1.807) is 6.07 Å². The zero-order valence-electron chi connectivity index (χ0n) is 23.7. The second-order valence-electron chi connectivity index (χ2n) is 10.4. The van der Waals surface area contributed by atoms with Crippen LogP contribution < -0.4 is 10.9 Å². The number of anilines is 2. The van der Waals surface area contributed by atoms with Crippen LogP contribution in [0.5, 0.6) is 0 Å². The van der Waals surface area contributed by atoms with Crippen molar-refractivity contribution >= 4 is 64.2 Å². The number of hydrogen-bond donors (Lipinski definition) is 4. The lowest BCUT2D eigenvalue weighted by atomic mass is 9.80. The van der Waals surface area contributed by atoms with Crippen molar-refractivity contribution < 1.29 is 48.5 Å². The lowest BCUT2D eigenvalue weighted by Crippen LogP contribution is -2.29.